The molecule has 0 amide bonds. The van der Waals surface area contributed by atoms with Crippen molar-refractivity contribution in [3.8, 4) is 11.5 Å². The Morgan fingerprint density at radius 3 is 2.40 bits per heavy atom. The van der Waals surface area contributed by atoms with Gasteiger partial charge in [-0.2, -0.15) is 0 Å². The molecule has 2 aromatic rings. The number of aliphatic carboxylic acids is 1. The van der Waals surface area contributed by atoms with Crippen molar-refractivity contribution in [2.24, 2.45) is 10.8 Å². The number of benzene rings is 2. The fourth-order valence-corrected chi connectivity index (χ4v) is 5.23. The second-order valence-corrected chi connectivity index (χ2v) is 9.46. The quantitative estimate of drug-likeness (QED) is 0.725. The zero-order chi connectivity index (χ0) is 20.8. The molecule has 2 aromatic carbocycles. The Kier molecular flexibility index (Phi) is 4.73. The van der Waals surface area contributed by atoms with Crippen LogP contribution in [0.15, 0.2) is 42.5 Å². The smallest absolute Gasteiger partial charge is 0.310 e. The lowest BCUT2D eigenvalue weighted by Gasteiger charge is -2.49. The van der Waals surface area contributed by atoms with Crippen LogP contribution in [0.25, 0.3) is 0 Å². The molecular weight excluding hydrogens is 378 g/mol. The van der Waals surface area contributed by atoms with Gasteiger partial charge in [-0.25, -0.2) is 0 Å². The molecule has 0 aromatic heterocycles. The molecule has 1 aliphatic heterocycles. The van der Waals surface area contributed by atoms with Crippen molar-refractivity contribution in [3.63, 3.8) is 0 Å². The van der Waals surface area contributed by atoms with Gasteiger partial charge in [0.1, 0.15) is 11.5 Å². The molecule has 1 heterocycles. The number of carboxylic acids is 1. The summed E-state index contributed by atoms with van der Waals surface area (Å²) in [6.45, 7) is 3.41. The molecule has 3 aliphatic rings. The van der Waals surface area contributed by atoms with Crippen molar-refractivity contribution >= 4 is 5.97 Å². The first-order valence-electron chi connectivity index (χ1n) is 10.8. The summed E-state index contributed by atoms with van der Waals surface area (Å²) in [5.74, 6) is 1.20. The lowest BCUT2D eigenvalue weighted by Crippen LogP contribution is -2.58. The average molecular weight is 408 g/mol. The van der Waals surface area contributed by atoms with Crippen LogP contribution < -0.4 is 9.47 Å². The molecule has 2 aliphatic carbocycles. The van der Waals surface area contributed by atoms with E-state index in [1.165, 1.54) is 16.7 Å². The molecule has 1 spiro atoms. The molecule has 5 rings (SSSR count). The third-order valence-corrected chi connectivity index (χ3v) is 7.08. The van der Waals surface area contributed by atoms with Gasteiger partial charge in [-0.15, -0.1) is 0 Å². The number of methoxy groups -OCH3 is 1. The average Bonchev–Trinajstić information content (AvgIpc) is 3.40. The number of carboxylic acid groups (broad SMARTS) is 1. The van der Waals surface area contributed by atoms with Gasteiger partial charge < -0.3 is 19.5 Å². The van der Waals surface area contributed by atoms with Gasteiger partial charge in [0.25, 0.3) is 0 Å². The van der Waals surface area contributed by atoms with Gasteiger partial charge in [0.15, 0.2) is 0 Å². The largest absolute Gasteiger partial charge is 0.497 e. The van der Waals surface area contributed by atoms with E-state index in [1.54, 1.807) is 7.11 Å². The van der Waals surface area contributed by atoms with Crippen molar-refractivity contribution < 1.29 is 19.4 Å². The van der Waals surface area contributed by atoms with Gasteiger partial charge in [-0.1, -0.05) is 18.2 Å². The maximum atomic E-state index is 11.4. The number of rotatable bonds is 8. The zero-order valence-corrected chi connectivity index (χ0v) is 17.5. The predicted octanol–water partition coefficient (Wildman–Crippen LogP) is 3.58. The molecule has 0 radical (unpaired) electrons. The van der Waals surface area contributed by atoms with Gasteiger partial charge in [-0.05, 0) is 66.6 Å². The first-order valence-corrected chi connectivity index (χ1v) is 10.8. The topological polar surface area (TPSA) is 59.0 Å². The molecule has 158 valence electrons. The van der Waals surface area contributed by atoms with Crippen LogP contribution >= 0.6 is 0 Å². The second-order valence-electron chi connectivity index (χ2n) is 9.46. The molecule has 1 N–H and O–H groups in total. The lowest BCUT2D eigenvalue weighted by atomic mass is 9.76. The minimum Gasteiger partial charge on any atom is -0.497 e. The number of carbonyl (C=O) groups is 1. The standard InChI is InChI=1S/C25H29NO4/c1-29-21-5-2-18(3-6-21)8-11-30-22-7-4-19-13-24(14-20(19)12-22)15-26(16-24)17-25(9-10-25)23(27)28/h2-7,12H,8-11,13-17H2,1H3,(H,27,28). The van der Waals surface area contributed by atoms with Crippen LogP contribution in [0.1, 0.15) is 29.5 Å². The van der Waals surface area contributed by atoms with Gasteiger partial charge in [0.05, 0.1) is 19.1 Å². The van der Waals surface area contributed by atoms with E-state index in [1.807, 2.05) is 12.1 Å². The van der Waals surface area contributed by atoms with Crippen LogP contribution in [0.2, 0.25) is 0 Å². The maximum Gasteiger partial charge on any atom is 0.310 e. The summed E-state index contributed by atoms with van der Waals surface area (Å²) in [5, 5.41) is 9.42. The van der Waals surface area contributed by atoms with Gasteiger partial charge >= 0.3 is 5.97 Å². The third kappa shape index (κ3) is 3.67. The maximum absolute atomic E-state index is 11.4. The van der Waals surface area contributed by atoms with E-state index in [2.05, 4.69) is 35.2 Å². The predicted molar refractivity (Wildman–Crippen MR) is 114 cm³/mol. The highest BCUT2D eigenvalue weighted by molar-refractivity contribution is 5.78. The summed E-state index contributed by atoms with van der Waals surface area (Å²) < 4.78 is 11.2. The molecule has 1 saturated heterocycles. The van der Waals surface area contributed by atoms with Crippen LogP contribution in [-0.4, -0.2) is 49.3 Å². The molecular formula is C25H29NO4. The Morgan fingerprint density at radius 1 is 1.03 bits per heavy atom. The number of nitrogens with zero attached hydrogens (tertiary/aromatic N) is 1. The Labute approximate surface area is 177 Å². The molecule has 0 unspecified atom stereocenters. The summed E-state index contributed by atoms with van der Waals surface area (Å²) in [4.78, 5) is 13.8. The molecule has 5 nitrogen and oxygen atoms in total. The highest BCUT2D eigenvalue weighted by atomic mass is 16.5. The first-order chi connectivity index (χ1) is 14.5. The fourth-order valence-electron chi connectivity index (χ4n) is 5.23. The van der Waals surface area contributed by atoms with Crippen LogP contribution in [-0.2, 0) is 24.1 Å². The number of fused-ring (bicyclic) bond motifs is 1. The summed E-state index contributed by atoms with van der Waals surface area (Å²) >= 11 is 0. The minimum absolute atomic E-state index is 0.304. The first kappa shape index (κ1) is 19.4. The number of hydrogen-bond donors (Lipinski definition) is 1. The Balaban J connectivity index is 1.13. The Morgan fingerprint density at radius 2 is 1.73 bits per heavy atom. The summed E-state index contributed by atoms with van der Waals surface area (Å²) in [7, 11) is 1.68. The van der Waals surface area contributed by atoms with E-state index >= 15 is 0 Å². The van der Waals surface area contributed by atoms with Crippen molar-refractivity contribution in [3.05, 3.63) is 59.2 Å². The number of likely N-dealkylation sites (tertiary alicyclic amines) is 1. The van der Waals surface area contributed by atoms with Gasteiger partial charge in [0.2, 0.25) is 0 Å². The molecule has 0 atom stereocenters. The van der Waals surface area contributed by atoms with Crippen molar-refractivity contribution in [1.82, 2.24) is 4.90 Å². The number of hydrogen-bond acceptors (Lipinski definition) is 4. The fraction of sp³-hybridized carbons (Fsp3) is 0.480. The summed E-state index contributed by atoms with van der Waals surface area (Å²) in [6.07, 6.45) is 4.72. The lowest BCUT2D eigenvalue weighted by molar-refractivity contribution is -0.145. The van der Waals surface area contributed by atoms with Gasteiger partial charge in [-0.3, -0.25) is 4.79 Å². The van der Waals surface area contributed by atoms with E-state index in [9.17, 15) is 9.90 Å². The SMILES string of the molecule is COc1ccc(CCOc2ccc3c(c2)CC2(C3)CN(CC3(C(=O)O)CC3)C2)cc1. The van der Waals surface area contributed by atoms with E-state index in [0.29, 0.717) is 12.0 Å². The van der Waals surface area contributed by atoms with Crippen molar-refractivity contribution in [1.29, 1.82) is 0 Å². The van der Waals surface area contributed by atoms with E-state index in [4.69, 9.17) is 9.47 Å². The molecule has 30 heavy (non-hydrogen) atoms. The molecule has 5 heteroatoms. The monoisotopic (exact) mass is 407 g/mol. The van der Waals surface area contributed by atoms with Crippen LogP contribution in [0.3, 0.4) is 0 Å². The Hall–Kier alpha value is -2.53. The van der Waals surface area contributed by atoms with Crippen LogP contribution in [0.4, 0.5) is 0 Å². The molecule has 2 fully saturated rings. The van der Waals surface area contributed by atoms with E-state index < -0.39 is 11.4 Å². The Bertz CT molecular complexity index is 942. The highest BCUT2D eigenvalue weighted by Crippen LogP contribution is 2.51. The van der Waals surface area contributed by atoms with E-state index in [-0.39, 0.29) is 0 Å². The number of ether oxygens (including phenoxy) is 2. The normalized spacial score (nSPS) is 20.4. The van der Waals surface area contributed by atoms with Crippen molar-refractivity contribution in [2.45, 2.75) is 32.1 Å². The van der Waals surface area contributed by atoms with Crippen LogP contribution in [0, 0.1) is 10.8 Å². The summed E-state index contributed by atoms with van der Waals surface area (Å²) in [5.41, 5.74) is 3.92. The van der Waals surface area contributed by atoms with Crippen molar-refractivity contribution in [2.75, 3.05) is 33.4 Å². The zero-order valence-electron chi connectivity index (χ0n) is 17.5. The summed E-state index contributed by atoms with van der Waals surface area (Å²) in [6, 6.07) is 14.6. The third-order valence-electron chi connectivity index (χ3n) is 7.08. The highest BCUT2D eigenvalue weighted by Gasteiger charge is 2.55. The van der Waals surface area contributed by atoms with Crippen LogP contribution in [0.5, 0.6) is 11.5 Å². The second kappa shape index (κ2) is 7.31. The molecule has 1 saturated carbocycles. The van der Waals surface area contributed by atoms with Gasteiger partial charge in [0, 0.05) is 31.5 Å². The van der Waals surface area contributed by atoms with E-state index in [0.717, 1.165) is 63.2 Å². The minimum atomic E-state index is -0.616. The molecule has 0 bridgehead atoms.